The van der Waals surface area contributed by atoms with Crippen molar-refractivity contribution in [3.63, 3.8) is 0 Å². The van der Waals surface area contributed by atoms with Crippen LogP contribution in [0.4, 0.5) is 0 Å². The van der Waals surface area contributed by atoms with Gasteiger partial charge in [0.2, 0.25) is 5.91 Å². The normalized spacial score (nSPS) is 22.8. The van der Waals surface area contributed by atoms with Crippen LogP contribution in [-0.2, 0) is 21.2 Å². The molecule has 2 aliphatic rings. The predicted octanol–water partition coefficient (Wildman–Crippen LogP) is 1.02. The number of carbonyl (C=O) groups excluding carboxylic acids is 1. The molecular formula is C15H23N3O3S2. The Bertz CT molecular complexity index is 665. The topological polar surface area (TPSA) is 83.7 Å². The van der Waals surface area contributed by atoms with Gasteiger partial charge in [-0.1, -0.05) is 0 Å². The van der Waals surface area contributed by atoms with Gasteiger partial charge in [0.1, 0.15) is 4.21 Å². The van der Waals surface area contributed by atoms with Crippen molar-refractivity contribution in [2.75, 3.05) is 26.2 Å². The van der Waals surface area contributed by atoms with E-state index in [0.29, 0.717) is 23.8 Å². The molecule has 1 unspecified atom stereocenters. The minimum atomic E-state index is -3.38. The monoisotopic (exact) mass is 357 g/mol. The van der Waals surface area contributed by atoms with Gasteiger partial charge >= 0.3 is 0 Å². The second-order valence-electron chi connectivity index (χ2n) is 6.13. The summed E-state index contributed by atoms with van der Waals surface area (Å²) in [6.45, 7) is 2.44. The first-order valence-electron chi connectivity index (χ1n) is 8.11. The maximum atomic E-state index is 12.5. The Balaban J connectivity index is 1.68. The van der Waals surface area contributed by atoms with Crippen molar-refractivity contribution in [1.29, 1.82) is 0 Å². The van der Waals surface area contributed by atoms with Gasteiger partial charge in [0.25, 0.3) is 10.0 Å². The quantitative estimate of drug-likeness (QED) is 0.853. The van der Waals surface area contributed by atoms with Gasteiger partial charge in [-0.15, -0.1) is 11.3 Å². The molecule has 0 bridgehead atoms. The van der Waals surface area contributed by atoms with Crippen LogP contribution in [0.3, 0.4) is 0 Å². The third kappa shape index (κ3) is 3.45. The highest BCUT2D eigenvalue weighted by atomic mass is 32.2. The predicted molar refractivity (Wildman–Crippen MR) is 89.8 cm³/mol. The van der Waals surface area contributed by atoms with Crippen LogP contribution in [-0.4, -0.2) is 55.8 Å². The Morgan fingerprint density at radius 3 is 2.65 bits per heavy atom. The minimum Gasteiger partial charge on any atom is -0.338 e. The zero-order valence-electron chi connectivity index (χ0n) is 13.1. The molecule has 0 saturated carbocycles. The number of nitrogens with two attached hydrogens (primary N) is 1. The molecule has 2 fully saturated rings. The van der Waals surface area contributed by atoms with E-state index in [1.807, 2.05) is 4.90 Å². The van der Waals surface area contributed by atoms with Crippen LogP contribution in [0.25, 0.3) is 0 Å². The van der Waals surface area contributed by atoms with Crippen molar-refractivity contribution in [3.8, 4) is 0 Å². The van der Waals surface area contributed by atoms with E-state index in [1.54, 1.807) is 12.1 Å². The van der Waals surface area contributed by atoms with Gasteiger partial charge in [0, 0.05) is 37.1 Å². The van der Waals surface area contributed by atoms with Gasteiger partial charge in [-0.05, 0) is 37.8 Å². The van der Waals surface area contributed by atoms with E-state index in [0.717, 1.165) is 37.1 Å². The Labute approximate surface area is 141 Å². The number of nitrogens with zero attached hydrogens (tertiary/aromatic N) is 2. The molecule has 0 spiro atoms. The summed E-state index contributed by atoms with van der Waals surface area (Å²) in [5, 5.41) is 0. The molecule has 3 heterocycles. The molecular weight excluding hydrogens is 334 g/mol. The number of amides is 1. The zero-order chi connectivity index (χ0) is 16.4. The molecule has 8 heteroatoms. The number of thiophene rings is 1. The average Bonchev–Trinajstić information content (AvgIpc) is 3.27. The van der Waals surface area contributed by atoms with E-state index in [4.69, 9.17) is 5.73 Å². The van der Waals surface area contributed by atoms with Crippen LogP contribution >= 0.6 is 11.3 Å². The minimum absolute atomic E-state index is 0.0462. The van der Waals surface area contributed by atoms with E-state index < -0.39 is 10.0 Å². The molecule has 2 saturated heterocycles. The van der Waals surface area contributed by atoms with Crippen LogP contribution in [0.15, 0.2) is 16.3 Å². The molecule has 0 aromatic carbocycles. The van der Waals surface area contributed by atoms with Crippen LogP contribution in [0.1, 0.15) is 30.6 Å². The van der Waals surface area contributed by atoms with Gasteiger partial charge < -0.3 is 10.6 Å². The number of hydrogen-bond donors (Lipinski definition) is 1. The summed E-state index contributed by atoms with van der Waals surface area (Å²) in [5.41, 5.74) is 5.71. The highest BCUT2D eigenvalue weighted by Crippen LogP contribution is 2.28. The van der Waals surface area contributed by atoms with Crippen molar-refractivity contribution >= 4 is 27.3 Å². The van der Waals surface area contributed by atoms with Crippen LogP contribution in [0.5, 0.6) is 0 Å². The van der Waals surface area contributed by atoms with Crippen molar-refractivity contribution in [2.24, 2.45) is 5.73 Å². The Morgan fingerprint density at radius 1 is 1.22 bits per heavy atom. The first-order chi connectivity index (χ1) is 11.0. The highest BCUT2D eigenvalue weighted by molar-refractivity contribution is 7.91. The summed E-state index contributed by atoms with van der Waals surface area (Å²) in [7, 11) is -3.38. The Hall–Kier alpha value is -0.960. The number of carbonyl (C=O) groups is 1. The maximum absolute atomic E-state index is 12.5. The van der Waals surface area contributed by atoms with Gasteiger partial charge in [0.15, 0.2) is 0 Å². The van der Waals surface area contributed by atoms with E-state index in [-0.39, 0.29) is 18.4 Å². The summed E-state index contributed by atoms with van der Waals surface area (Å²) in [6.07, 6.45) is 4.06. The number of likely N-dealkylation sites (tertiary alicyclic amines) is 1. The first-order valence-corrected chi connectivity index (χ1v) is 10.4. The maximum Gasteiger partial charge on any atom is 0.252 e. The third-order valence-corrected chi connectivity index (χ3v) is 8.04. The number of rotatable bonds is 5. The van der Waals surface area contributed by atoms with Gasteiger partial charge in [-0.3, -0.25) is 4.79 Å². The second-order valence-corrected chi connectivity index (χ2v) is 9.46. The van der Waals surface area contributed by atoms with E-state index in [1.165, 1.54) is 15.6 Å². The lowest BCUT2D eigenvalue weighted by atomic mass is 10.2. The summed E-state index contributed by atoms with van der Waals surface area (Å²) >= 11 is 1.21. The standard InChI is InChI=1S/C15H23N3O3S2/c16-11-12-4-3-9-18(12)14(19)10-13-5-6-15(22-13)23(20,21)17-7-1-2-8-17/h5-6,12H,1-4,7-11,16H2. The van der Waals surface area contributed by atoms with Crippen LogP contribution < -0.4 is 5.73 Å². The zero-order valence-corrected chi connectivity index (χ0v) is 14.7. The molecule has 23 heavy (non-hydrogen) atoms. The fraction of sp³-hybridized carbons (Fsp3) is 0.667. The first kappa shape index (κ1) is 16.9. The molecule has 1 amide bonds. The Morgan fingerprint density at radius 2 is 1.96 bits per heavy atom. The fourth-order valence-electron chi connectivity index (χ4n) is 3.31. The molecule has 0 radical (unpaired) electrons. The third-order valence-electron chi connectivity index (χ3n) is 4.59. The van der Waals surface area contributed by atoms with Crippen molar-refractivity contribution in [1.82, 2.24) is 9.21 Å². The lowest BCUT2D eigenvalue weighted by Crippen LogP contribution is -2.40. The van der Waals surface area contributed by atoms with Crippen molar-refractivity contribution < 1.29 is 13.2 Å². The molecule has 6 nitrogen and oxygen atoms in total. The summed E-state index contributed by atoms with van der Waals surface area (Å²) in [6, 6.07) is 3.53. The van der Waals surface area contributed by atoms with Gasteiger partial charge in [-0.25, -0.2) is 8.42 Å². The molecule has 0 aliphatic carbocycles. The molecule has 1 aromatic heterocycles. The lowest BCUT2D eigenvalue weighted by Gasteiger charge is -2.23. The van der Waals surface area contributed by atoms with Gasteiger partial charge in [-0.2, -0.15) is 4.31 Å². The summed E-state index contributed by atoms with van der Waals surface area (Å²) < 4.78 is 26.9. The highest BCUT2D eigenvalue weighted by Gasteiger charge is 2.30. The smallest absolute Gasteiger partial charge is 0.252 e. The summed E-state index contributed by atoms with van der Waals surface area (Å²) in [5.74, 6) is 0.0462. The summed E-state index contributed by atoms with van der Waals surface area (Å²) in [4.78, 5) is 15.1. The molecule has 2 N–H and O–H groups in total. The van der Waals surface area contributed by atoms with Crippen molar-refractivity contribution in [3.05, 3.63) is 17.0 Å². The fourth-order valence-corrected chi connectivity index (χ4v) is 6.33. The Kier molecular flexibility index (Phi) is 5.05. The SMILES string of the molecule is NCC1CCCN1C(=O)Cc1ccc(S(=O)(=O)N2CCCC2)s1. The largest absolute Gasteiger partial charge is 0.338 e. The van der Waals surface area contributed by atoms with E-state index >= 15 is 0 Å². The van der Waals surface area contributed by atoms with Gasteiger partial charge in [0.05, 0.1) is 6.42 Å². The number of hydrogen-bond acceptors (Lipinski definition) is 5. The van der Waals surface area contributed by atoms with Crippen molar-refractivity contribution in [2.45, 2.75) is 42.4 Å². The van der Waals surface area contributed by atoms with Crippen LogP contribution in [0.2, 0.25) is 0 Å². The molecule has 128 valence electrons. The van der Waals surface area contributed by atoms with Crippen LogP contribution in [0, 0.1) is 0 Å². The molecule has 2 aliphatic heterocycles. The molecule has 3 rings (SSSR count). The van der Waals surface area contributed by atoms with E-state index in [9.17, 15) is 13.2 Å². The molecule has 1 aromatic rings. The lowest BCUT2D eigenvalue weighted by molar-refractivity contribution is -0.131. The second kappa shape index (κ2) is 6.88. The number of sulfonamides is 1. The molecule has 1 atom stereocenters. The average molecular weight is 358 g/mol. The van der Waals surface area contributed by atoms with E-state index in [2.05, 4.69) is 0 Å².